The molecule has 53 heavy (non-hydrogen) atoms. The molecule has 0 bridgehead atoms. The largest absolute Gasteiger partial charge is 0.575 e. The van der Waals surface area contributed by atoms with Gasteiger partial charge < -0.3 is 92.3 Å². The van der Waals surface area contributed by atoms with Crippen molar-refractivity contribution < 1.29 is 92.3 Å². The van der Waals surface area contributed by atoms with Crippen molar-refractivity contribution in [3.8, 4) is 0 Å². The van der Waals surface area contributed by atoms with E-state index in [4.69, 9.17) is 16.5 Å². The fourth-order valence-electron chi connectivity index (χ4n) is 3.19. The number of hydrogen-bond acceptors (Lipinski definition) is 21. The third kappa shape index (κ3) is 17.3. The Kier molecular flexibility index (Phi) is 22.1. The first-order valence-electron chi connectivity index (χ1n) is 14.4. The number of rotatable bonds is 25. The molecular formula is C10H30O21Si22. The first kappa shape index (κ1) is 53.9. The molecule has 21 nitrogen and oxygen atoms in total. The molecule has 0 saturated heterocycles. The van der Waals surface area contributed by atoms with Gasteiger partial charge in [-0.3, -0.25) is 0 Å². The van der Waals surface area contributed by atoms with Crippen LogP contribution in [-0.2, 0) is 92.3 Å². The molecule has 0 aliphatic heterocycles. The van der Waals surface area contributed by atoms with Gasteiger partial charge in [0.05, 0.1) is 0 Å². The maximum absolute atomic E-state index is 13.1. The van der Waals surface area contributed by atoms with Crippen molar-refractivity contribution in [1.29, 1.82) is 0 Å². The maximum Gasteiger partial charge on any atom is 0.533 e. The van der Waals surface area contributed by atoms with Gasteiger partial charge >= 0.3 is 141 Å². The fraction of sp³-hybridized carbons (Fsp3) is 1.00. The molecule has 0 N–H and O–H groups in total. The lowest BCUT2D eigenvalue weighted by Crippen LogP contribution is -2.59. The Balaban J connectivity index is 5.67. The van der Waals surface area contributed by atoms with E-state index < -0.39 is 175 Å². The molecule has 0 saturated carbocycles. The molecule has 0 spiro atoms. The Hall–Kier alpha value is 0.891. The van der Waals surface area contributed by atoms with E-state index >= 15 is 0 Å². The second-order valence-corrected chi connectivity index (χ2v) is 112. The zero-order valence-corrected chi connectivity index (χ0v) is 51.6. The normalized spacial score (nSPS) is 11.6. The second-order valence-electron chi connectivity index (χ2n) is 13.2. The van der Waals surface area contributed by atoms with E-state index in [0.29, 0.717) is 0 Å². The van der Waals surface area contributed by atoms with Gasteiger partial charge in [-0.2, -0.15) is 0 Å². The van der Waals surface area contributed by atoms with Gasteiger partial charge in [0.2, 0.25) is 0 Å². The van der Waals surface area contributed by atoms with Gasteiger partial charge in [0, 0.05) is 0 Å². The van der Waals surface area contributed by atoms with E-state index in [1.54, 1.807) is 39.3 Å². The molecule has 43 heteroatoms. The summed E-state index contributed by atoms with van der Waals surface area (Å²) < 4.78 is 237. The molecule has 0 atom stereocenters. The molecule has 0 aliphatic rings. The Bertz CT molecular complexity index is 1830. The average Bonchev–Trinajstić information content (AvgIpc) is 3.03. The van der Waals surface area contributed by atoms with Crippen molar-refractivity contribution in [2.24, 2.45) is 0 Å². The highest BCUT2D eigenvalue weighted by Crippen LogP contribution is 2.15. The molecule has 2 radical (unpaired) electrons. The second kappa shape index (κ2) is 21.8. The predicted octanol–water partition coefficient (Wildman–Crippen LogP) is -4.83. The van der Waals surface area contributed by atoms with Gasteiger partial charge in [-0.05, 0) is 65.5 Å². The summed E-state index contributed by atoms with van der Waals surface area (Å²) in [6.07, 6.45) is 0. The average molecular weight is 1100 g/mol. The van der Waals surface area contributed by atoms with Crippen molar-refractivity contribution in [1.82, 2.24) is 0 Å². The summed E-state index contributed by atoms with van der Waals surface area (Å²) in [4.78, 5) is 0. The Morgan fingerprint density at radius 2 is 0.660 bits per heavy atom. The van der Waals surface area contributed by atoms with Crippen LogP contribution in [0.1, 0.15) is 0 Å². The highest BCUT2D eigenvalue weighted by molar-refractivity contribution is 7.77. The zero-order valence-electron chi connectivity index (χ0n) is 29.6. The summed E-state index contributed by atoms with van der Waals surface area (Å²) in [5.74, 6) is 0. The van der Waals surface area contributed by atoms with Crippen molar-refractivity contribution >= 4 is 175 Å². The van der Waals surface area contributed by atoms with Crippen LogP contribution in [0.4, 0.5) is 0 Å². The maximum atomic E-state index is 13.1. The van der Waals surface area contributed by atoms with Gasteiger partial charge in [-0.1, -0.05) is 0 Å². The highest BCUT2D eigenvalue weighted by atomic mass is 30.1. The number of hydrogen-bond donors (Lipinski definition) is 0. The van der Waals surface area contributed by atoms with Gasteiger partial charge in [0.1, 0.15) is 0 Å². The summed E-state index contributed by atoms with van der Waals surface area (Å²) >= 11 is 0. The van der Waals surface area contributed by atoms with Gasteiger partial charge in [0.25, 0.3) is 17.1 Å². The summed E-state index contributed by atoms with van der Waals surface area (Å²) in [7, 11) is -79.5. The van der Waals surface area contributed by atoms with Crippen molar-refractivity contribution in [3.63, 3.8) is 0 Å². The van der Waals surface area contributed by atoms with Crippen LogP contribution in [0, 0.1) is 0 Å². The third-order valence-electron chi connectivity index (χ3n) is 5.29. The minimum absolute atomic E-state index is 0.814. The lowest BCUT2D eigenvalue weighted by molar-refractivity contribution is 0.377. The third-order valence-corrected chi connectivity index (χ3v) is 144. The van der Waals surface area contributed by atoms with Crippen LogP contribution in [0.25, 0.3) is 0 Å². The first-order valence-corrected chi connectivity index (χ1v) is 68.6. The summed E-state index contributed by atoms with van der Waals surface area (Å²) in [6, 6.07) is 0. The Labute approximate surface area is 329 Å². The molecule has 0 amide bonds. The monoisotopic (exact) mass is 1100 g/mol. The molecule has 0 aliphatic carbocycles. The van der Waals surface area contributed by atoms with Crippen LogP contribution in [0.15, 0.2) is 0 Å². The van der Waals surface area contributed by atoms with E-state index in [9.17, 15) is 75.9 Å². The lowest BCUT2D eigenvalue weighted by Gasteiger charge is -2.30. The topological polar surface area (TPSA) is 327 Å². The molecule has 0 rings (SSSR count). The molecular weight excluding hydrogens is 1070 g/mol. The lowest BCUT2D eigenvalue weighted by atomic mass is 11.8. The minimum Gasteiger partial charge on any atom is -0.575 e. The molecule has 0 aromatic heterocycles. The van der Waals surface area contributed by atoms with Gasteiger partial charge in [-0.15, -0.1) is 0 Å². The predicted molar refractivity (Wildman–Crippen MR) is 201 cm³/mol. The van der Waals surface area contributed by atoms with E-state index in [-0.39, 0.29) is 0 Å². The molecule has 284 valence electrons. The van der Waals surface area contributed by atoms with Crippen molar-refractivity contribution in [3.05, 3.63) is 0 Å². The molecule has 0 fully saturated rings. The molecule has 0 aromatic carbocycles. The molecule has 0 heterocycles. The van der Waals surface area contributed by atoms with E-state index in [2.05, 4.69) is 0 Å². The van der Waals surface area contributed by atoms with Crippen molar-refractivity contribution in [2.45, 2.75) is 65.5 Å². The van der Waals surface area contributed by atoms with Crippen LogP contribution in [0.3, 0.4) is 0 Å². The minimum atomic E-state index is -4.17. The molecule has 0 aromatic rings. The van der Waals surface area contributed by atoms with Gasteiger partial charge in [0.15, 0.2) is 16.6 Å². The van der Waals surface area contributed by atoms with Crippen LogP contribution in [-0.4, -0.2) is 175 Å². The quantitative estimate of drug-likeness (QED) is 0.0774. The molecule has 0 unspecified atom stereocenters. The smallest absolute Gasteiger partial charge is 0.533 e. The Morgan fingerprint density at radius 3 is 1.00 bits per heavy atom. The van der Waals surface area contributed by atoms with E-state index in [0.717, 1.165) is 13.1 Å². The van der Waals surface area contributed by atoms with Crippen LogP contribution in [0.5, 0.6) is 0 Å². The SMILES string of the molecule is C[Si](C)(C)O[Si][Si](=O)[Si](=O)[Si](=O)[Si](=O)[Si](=O)[Si](=O)[Si](=O)[Si](=O)O[Si](C)(C)[Si](=O)[Si](=O)[Si](=O)[Si](=O)[Si](=O)[Si](=O)[Si](=O)[Si](=O)[Si](=O)O[Si](C)(C)O[Si](C)(C)C. The zero-order chi connectivity index (χ0) is 42.4. The van der Waals surface area contributed by atoms with Crippen LogP contribution >= 0.6 is 0 Å². The highest BCUT2D eigenvalue weighted by Gasteiger charge is 2.56. The van der Waals surface area contributed by atoms with E-state index in [1.165, 1.54) is 13.1 Å². The standard InChI is InChI=1S/C10H30O21Si22/c1-50(2,3)28-32-35(13)38(16)41(19)44(22)42(20)40(18)37(15)34(12)30-53(9,10)49(27)48(26)47(25)46(24)45(23)43(21)39(17)36(14)33(11)29-52(7,8)31-51(4,5)6/h1-10H3. The first-order chi connectivity index (χ1) is 23.6. The van der Waals surface area contributed by atoms with Crippen LogP contribution in [0.2, 0.25) is 65.5 Å². The summed E-state index contributed by atoms with van der Waals surface area (Å²) in [5, 5.41) is 0. The Morgan fingerprint density at radius 1 is 0.358 bits per heavy atom. The van der Waals surface area contributed by atoms with Crippen molar-refractivity contribution in [2.75, 3.05) is 0 Å². The van der Waals surface area contributed by atoms with Gasteiger partial charge in [-0.25, -0.2) is 0 Å². The van der Waals surface area contributed by atoms with Crippen LogP contribution < -0.4 is 0 Å². The summed E-state index contributed by atoms with van der Waals surface area (Å²) in [5.41, 5.74) is 0. The summed E-state index contributed by atoms with van der Waals surface area (Å²) in [6.45, 7) is 15.4. The van der Waals surface area contributed by atoms with E-state index in [1.807, 2.05) is 0 Å². The fourth-order valence-corrected chi connectivity index (χ4v) is 196.